The lowest BCUT2D eigenvalue weighted by atomic mass is 9.93. The van der Waals surface area contributed by atoms with Gasteiger partial charge in [0.15, 0.2) is 0 Å². The van der Waals surface area contributed by atoms with E-state index in [1.54, 1.807) is 0 Å². The molecule has 0 aromatic heterocycles. The van der Waals surface area contributed by atoms with Crippen molar-refractivity contribution < 1.29 is 19.8 Å². The van der Waals surface area contributed by atoms with Crippen molar-refractivity contribution in [1.82, 2.24) is 0 Å². The van der Waals surface area contributed by atoms with Gasteiger partial charge in [-0.25, -0.2) is 0 Å². The molecule has 1 aliphatic rings. The Balaban J connectivity index is 1.77. The van der Waals surface area contributed by atoms with Crippen molar-refractivity contribution in [3.63, 3.8) is 0 Å². The van der Waals surface area contributed by atoms with Gasteiger partial charge in [-0.05, 0) is 47.6 Å². The van der Waals surface area contributed by atoms with Crippen molar-refractivity contribution in [2.45, 2.75) is 58.3 Å². The highest BCUT2D eigenvalue weighted by molar-refractivity contribution is 6.31. The summed E-state index contributed by atoms with van der Waals surface area (Å²) < 4.78 is 5.96. The SMILES string of the molecule is CCO/N=C(/c1ccc(Cc2cc(C3CC(O)CC(CO)O3)ccc2Cl)cc1)C(C)C. The minimum absolute atomic E-state index is 0.0919. The molecule has 2 aromatic carbocycles. The second-order valence-electron chi connectivity index (χ2n) is 8.33. The van der Waals surface area contributed by atoms with Crippen LogP contribution in [-0.2, 0) is 16.0 Å². The van der Waals surface area contributed by atoms with E-state index in [2.05, 4.69) is 43.3 Å². The Labute approximate surface area is 189 Å². The molecule has 6 heteroatoms. The van der Waals surface area contributed by atoms with Crippen molar-refractivity contribution in [1.29, 1.82) is 0 Å². The standard InChI is InChI=1S/C25H32ClNO4/c1-4-30-27-25(16(2)3)18-7-5-17(6-8-18)11-20-12-19(9-10-23(20)26)24-14-21(29)13-22(15-28)31-24/h5-10,12,16,21-22,24,28-29H,4,11,13-15H2,1-3H3/b27-25+. The molecule has 0 saturated carbocycles. The van der Waals surface area contributed by atoms with E-state index in [4.69, 9.17) is 21.2 Å². The van der Waals surface area contributed by atoms with Crippen molar-refractivity contribution in [3.05, 3.63) is 69.7 Å². The van der Waals surface area contributed by atoms with Crippen LogP contribution in [0.4, 0.5) is 0 Å². The van der Waals surface area contributed by atoms with E-state index in [1.165, 1.54) is 0 Å². The minimum Gasteiger partial charge on any atom is -0.396 e. The second-order valence-corrected chi connectivity index (χ2v) is 8.74. The van der Waals surface area contributed by atoms with Crippen LogP contribution in [0.2, 0.25) is 5.02 Å². The molecule has 31 heavy (non-hydrogen) atoms. The Morgan fingerprint density at radius 3 is 2.58 bits per heavy atom. The van der Waals surface area contributed by atoms with E-state index >= 15 is 0 Å². The molecule has 3 rings (SSSR count). The Morgan fingerprint density at radius 1 is 1.19 bits per heavy atom. The highest BCUT2D eigenvalue weighted by atomic mass is 35.5. The Hall–Kier alpha value is -1.92. The van der Waals surface area contributed by atoms with Crippen molar-refractivity contribution in [2.75, 3.05) is 13.2 Å². The summed E-state index contributed by atoms with van der Waals surface area (Å²) in [6, 6.07) is 14.2. The molecule has 1 heterocycles. The third kappa shape index (κ3) is 6.30. The van der Waals surface area contributed by atoms with Crippen molar-refractivity contribution in [2.24, 2.45) is 11.1 Å². The van der Waals surface area contributed by atoms with Crippen LogP contribution in [0, 0.1) is 5.92 Å². The largest absolute Gasteiger partial charge is 0.396 e. The number of aliphatic hydroxyl groups is 2. The van der Waals surface area contributed by atoms with Gasteiger partial charge in [0.1, 0.15) is 6.61 Å². The number of ether oxygens (including phenoxy) is 1. The molecule has 168 valence electrons. The molecular formula is C25H32ClNO4. The summed E-state index contributed by atoms with van der Waals surface area (Å²) in [5, 5.41) is 24.5. The second kappa shape index (κ2) is 11.1. The molecule has 2 N–H and O–H groups in total. The fraction of sp³-hybridized carbons (Fsp3) is 0.480. The summed E-state index contributed by atoms with van der Waals surface area (Å²) in [4.78, 5) is 5.27. The number of rotatable bonds is 8. The lowest BCUT2D eigenvalue weighted by Crippen LogP contribution is -2.33. The number of hydrogen-bond donors (Lipinski definition) is 2. The molecular weight excluding hydrogens is 414 g/mol. The normalized spacial score (nSPS) is 22.0. The summed E-state index contributed by atoms with van der Waals surface area (Å²) in [5.74, 6) is 0.261. The first-order chi connectivity index (χ1) is 14.9. The summed E-state index contributed by atoms with van der Waals surface area (Å²) in [6.45, 7) is 6.58. The van der Waals surface area contributed by atoms with Gasteiger partial charge in [0.05, 0.1) is 30.6 Å². The fourth-order valence-electron chi connectivity index (χ4n) is 3.89. The Kier molecular flexibility index (Phi) is 8.50. The number of benzene rings is 2. The molecule has 3 unspecified atom stereocenters. The summed E-state index contributed by atoms with van der Waals surface area (Å²) in [5.41, 5.74) is 5.09. The minimum atomic E-state index is -0.476. The molecule has 1 saturated heterocycles. The molecule has 3 atom stereocenters. The van der Waals surface area contributed by atoms with E-state index in [-0.39, 0.29) is 24.7 Å². The van der Waals surface area contributed by atoms with Crippen LogP contribution in [-0.4, -0.2) is 41.3 Å². The van der Waals surface area contributed by atoms with Gasteiger partial charge in [0.2, 0.25) is 0 Å². The van der Waals surface area contributed by atoms with Gasteiger partial charge in [-0.2, -0.15) is 0 Å². The molecule has 5 nitrogen and oxygen atoms in total. The quantitative estimate of drug-likeness (QED) is 0.447. The van der Waals surface area contributed by atoms with Crippen LogP contribution < -0.4 is 0 Å². The van der Waals surface area contributed by atoms with Gasteiger partial charge in [-0.3, -0.25) is 0 Å². The third-order valence-electron chi connectivity index (χ3n) is 5.51. The smallest absolute Gasteiger partial charge is 0.114 e. The Morgan fingerprint density at radius 2 is 1.94 bits per heavy atom. The van der Waals surface area contributed by atoms with Gasteiger partial charge in [-0.15, -0.1) is 0 Å². The molecule has 2 aromatic rings. The first-order valence-electron chi connectivity index (χ1n) is 10.9. The zero-order valence-electron chi connectivity index (χ0n) is 18.4. The van der Waals surface area contributed by atoms with Crippen LogP contribution in [0.15, 0.2) is 47.6 Å². The molecule has 0 bridgehead atoms. The van der Waals surface area contributed by atoms with E-state index < -0.39 is 6.10 Å². The maximum absolute atomic E-state index is 10.1. The molecule has 0 amide bonds. The first kappa shape index (κ1) is 23.7. The first-order valence-corrected chi connectivity index (χ1v) is 11.3. The topological polar surface area (TPSA) is 71.3 Å². The van der Waals surface area contributed by atoms with Gasteiger partial charge in [-0.1, -0.05) is 67.0 Å². The van der Waals surface area contributed by atoms with Crippen LogP contribution in [0.5, 0.6) is 0 Å². The summed E-state index contributed by atoms with van der Waals surface area (Å²) >= 11 is 6.48. The van der Waals surface area contributed by atoms with Crippen molar-refractivity contribution >= 4 is 17.3 Å². The number of aliphatic hydroxyl groups excluding tert-OH is 2. The number of hydrogen-bond acceptors (Lipinski definition) is 5. The predicted octanol–water partition coefficient (Wildman–Crippen LogP) is 4.90. The average Bonchev–Trinajstić information content (AvgIpc) is 2.76. The van der Waals surface area contributed by atoms with Crippen LogP contribution in [0.25, 0.3) is 0 Å². The van der Waals surface area contributed by atoms with Gasteiger partial charge in [0, 0.05) is 17.9 Å². The zero-order chi connectivity index (χ0) is 22.4. The maximum atomic E-state index is 10.1. The lowest BCUT2D eigenvalue weighted by Gasteiger charge is -2.32. The van der Waals surface area contributed by atoms with E-state index in [1.807, 2.05) is 25.1 Å². The van der Waals surface area contributed by atoms with Crippen LogP contribution >= 0.6 is 11.6 Å². The highest BCUT2D eigenvalue weighted by Crippen LogP contribution is 2.33. The molecule has 1 aliphatic heterocycles. The predicted molar refractivity (Wildman–Crippen MR) is 124 cm³/mol. The summed E-state index contributed by atoms with van der Waals surface area (Å²) in [6.07, 6.45) is 0.604. The maximum Gasteiger partial charge on any atom is 0.114 e. The summed E-state index contributed by atoms with van der Waals surface area (Å²) in [7, 11) is 0. The van der Waals surface area contributed by atoms with E-state index in [0.29, 0.717) is 30.9 Å². The number of halogens is 1. The van der Waals surface area contributed by atoms with E-state index in [0.717, 1.165) is 28.0 Å². The third-order valence-corrected chi connectivity index (χ3v) is 5.87. The number of oxime groups is 1. The Bertz CT molecular complexity index is 882. The molecule has 0 radical (unpaired) electrons. The monoisotopic (exact) mass is 445 g/mol. The molecule has 0 spiro atoms. The van der Waals surface area contributed by atoms with E-state index in [9.17, 15) is 10.2 Å². The average molecular weight is 446 g/mol. The molecule has 1 fully saturated rings. The zero-order valence-corrected chi connectivity index (χ0v) is 19.2. The van der Waals surface area contributed by atoms with Gasteiger partial charge in [0.25, 0.3) is 0 Å². The number of nitrogens with zero attached hydrogens (tertiary/aromatic N) is 1. The highest BCUT2D eigenvalue weighted by Gasteiger charge is 2.29. The van der Waals surface area contributed by atoms with Crippen molar-refractivity contribution in [3.8, 4) is 0 Å². The van der Waals surface area contributed by atoms with Crippen LogP contribution in [0.1, 0.15) is 62.0 Å². The van der Waals surface area contributed by atoms with Crippen LogP contribution in [0.3, 0.4) is 0 Å². The molecule has 0 aliphatic carbocycles. The lowest BCUT2D eigenvalue weighted by molar-refractivity contribution is -0.113. The fourth-order valence-corrected chi connectivity index (χ4v) is 4.08. The van der Waals surface area contributed by atoms with Gasteiger partial charge >= 0.3 is 0 Å². The van der Waals surface area contributed by atoms with Gasteiger partial charge < -0.3 is 19.8 Å².